The number of phosphoric acid groups is 1. The monoisotopic (exact) mass is 480 g/mol. The molecule has 188 valence electrons. The number of allylic oxidation sites excluding steroid dienone is 2. The Kier molecular flexibility index (Phi) is 16.6. The first-order chi connectivity index (χ1) is 14.9. The number of carbonyl (C=O) groups is 2. The minimum absolute atomic E-state index is 0.0283. The van der Waals surface area contributed by atoms with E-state index in [2.05, 4.69) is 19.1 Å². The molecule has 10 heteroatoms. The van der Waals surface area contributed by atoms with Gasteiger partial charge >= 0.3 is 19.8 Å². The summed E-state index contributed by atoms with van der Waals surface area (Å²) in [4.78, 5) is 33.0. The number of carbonyl (C=O) groups excluding carboxylic acids is 2. The van der Waals surface area contributed by atoms with Crippen LogP contribution < -0.4 is 0 Å². The Morgan fingerprint density at radius 2 is 1.66 bits per heavy atom. The summed E-state index contributed by atoms with van der Waals surface area (Å²) in [6.07, 6.45) is 10.7. The SMILES string of the molecule is CC/C=C\CCCCCCCC(=O)O[C@H](COC(C)=O)COP(=O)(O)OCC[N+](C)(C)C. The van der Waals surface area contributed by atoms with Crippen LogP contribution in [-0.2, 0) is 32.7 Å². The van der Waals surface area contributed by atoms with Crippen molar-refractivity contribution in [3.05, 3.63) is 12.2 Å². The number of likely N-dealkylation sites (N-methyl/N-ethyl adjacent to an activating group) is 1. The maximum absolute atomic E-state index is 12.1. The molecule has 0 heterocycles. The molecular weight excluding hydrogens is 437 g/mol. The lowest BCUT2D eigenvalue weighted by Gasteiger charge is -2.24. The molecule has 2 atom stereocenters. The Bertz CT molecular complexity index is 603. The van der Waals surface area contributed by atoms with Crippen LogP contribution in [0.25, 0.3) is 0 Å². The van der Waals surface area contributed by atoms with Gasteiger partial charge in [-0.2, -0.15) is 0 Å². The first-order valence-corrected chi connectivity index (χ1v) is 12.8. The third-order valence-corrected chi connectivity index (χ3v) is 5.35. The molecule has 0 spiro atoms. The molecule has 0 aromatic rings. The molecule has 9 nitrogen and oxygen atoms in total. The molecule has 0 aliphatic rings. The summed E-state index contributed by atoms with van der Waals surface area (Å²) < 4.78 is 32.6. The molecule has 0 fully saturated rings. The lowest BCUT2D eigenvalue weighted by molar-refractivity contribution is -0.870. The lowest BCUT2D eigenvalue weighted by atomic mass is 10.1. The zero-order valence-corrected chi connectivity index (χ0v) is 21.3. The van der Waals surface area contributed by atoms with Gasteiger partial charge in [0.2, 0.25) is 0 Å². The predicted molar refractivity (Wildman–Crippen MR) is 123 cm³/mol. The van der Waals surface area contributed by atoms with Gasteiger partial charge in [-0.1, -0.05) is 38.3 Å². The zero-order chi connectivity index (χ0) is 24.5. The highest BCUT2D eigenvalue weighted by Gasteiger charge is 2.26. The normalized spacial score (nSPS) is 14.8. The summed E-state index contributed by atoms with van der Waals surface area (Å²) in [7, 11) is 1.45. The van der Waals surface area contributed by atoms with E-state index in [0.717, 1.165) is 38.5 Å². The second-order valence-corrected chi connectivity index (χ2v) is 10.2. The van der Waals surface area contributed by atoms with E-state index in [1.807, 2.05) is 21.1 Å². The van der Waals surface area contributed by atoms with E-state index in [-0.39, 0.29) is 19.6 Å². The van der Waals surface area contributed by atoms with Crippen molar-refractivity contribution >= 4 is 19.8 Å². The molecule has 0 aliphatic heterocycles. The van der Waals surface area contributed by atoms with Crippen LogP contribution in [0.2, 0.25) is 0 Å². The van der Waals surface area contributed by atoms with Gasteiger partial charge in [-0.05, 0) is 25.7 Å². The minimum Gasteiger partial charge on any atom is -0.462 e. The molecule has 0 aromatic carbocycles. The highest BCUT2D eigenvalue weighted by molar-refractivity contribution is 7.47. The zero-order valence-electron chi connectivity index (χ0n) is 20.4. The van der Waals surface area contributed by atoms with Crippen molar-refractivity contribution in [3.63, 3.8) is 0 Å². The smallest absolute Gasteiger partial charge is 0.462 e. The first-order valence-electron chi connectivity index (χ1n) is 11.4. The van der Waals surface area contributed by atoms with Gasteiger partial charge in [0.15, 0.2) is 6.10 Å². The van der Waals surface area contributed by atoms with Gasteiger partial charge in [0.05, 0.1) is 27.7 Å². The van der Waals surface area contributed by atoms with E-state index in [0.29, 0.717) is 17.4 Å². The maximum atomic E-state index is 12.1. The van der Waals surface area contributed by atoms with E-state index in [4.69, 9.17) is 18.5 Å². The molecular formula is C22H43NO8P+. The fourth-order valence-corrected chi connectivity index (χ4v) is 3.30. The van der Waals surface area contributed by atoms with Crippen LogP contribution in [0.3, 0.4) is 0 Å². The Labute approximate surface area is 193 Å². The molecule has 0 rings (SSSR count). The van der Waals surface area contributed by atoms with Crippen LogP contribution in [0.4, 0.5) is 0 Å². The number of hydrogen-bond acceptors (Lipinski definition) is 7. The fourth-order valence-electron chi connectivity index (χ4n) is 2.56. The highest BCUT2D eigenvalue weighted by atomic mass is 31.2. The molecule has 1 N–H and O–H groups in total. The van der Waals surface area contributed by atoms with Gasteiger partial charge in [-0.25, -0.2) is 4.57 Å². The number of rotatable bonds is 19. The number of unbranched alkanes of at least 4 members (excludes halogenated alkanes) is 5. The lowest BCUT2D eigenvalue weighted by Crippen LogP contribution is -2.37. The maximum Gasteiger partial charge on any atom is 0.472 e. The summed E-state index contributed by atoms with van der Waals surface area (Å²) >= 11 is 0. The average molecular weight is 481 g/mol. The van der Waals surface area contributed by atoms with Crippen molar-refractivity contribution in [2.45, 2.75) is 71.3 Å². The number of esters is 2. The van der Waals surface area contributed by atoms with Crippen LogP contribution in [0.5, 0.6) is 0 Å². The molecule has 32 heavy (non-hydrogen) atoms. The van der Waals surface area contributed by atoms with Gasteiger partial charge in [0, 0.05) is 13.3 Å². The quantitative estimate of drug-likeness (QED) is 0.0972. The van der Waals surface area contributed by atoms with Gasteiger partial charge in [0.25, 0.3) is 0 Å². The summed E-state index contributed by atoms with van der Waals surface area (Å²) in [5.41, 5.74) is 0. The van der Waals surface area contributed by atoms with E-state index >= 15 is 0 Å². The first kappa shape index (κ1) is 30.8. The largest absolute Gasteiger partial charge is 0.472 e. The Morgan fingerprint density at radius 3 is 2.28 bits per heavy atom. The van der Waals surface area contributed by atoms with Crippen molar-refractivity contribution in [3.8, 4) is 0 Å². The van der Waals surface area contributed by atoms with Crippen molar-refractivity contribution in [1.82, 2.24) is 0 Å². The number of phosphoric ester groups is 1. The van der Waals surface area contributed by atoms with E-state index < -0.39 is 32.5 Å². The van der Waals surface area contributed by atoms with Crippen LogP contribution in [0, 0.1) is 0 Å². The van der Waals surface area contributed by atoms with Crippen LogP contribution in [0.1, 0.15) is 65.2 Å². The van der Waals surface area contributed by atoms with Crippen molar-refractivity contribution in [1.29, 1.82) is 0 Å². The fraction of sp³-hybridized carbons (Fsp3) is 0.818. The number of quaternary nitrogens is 1. The summed E-state index contributed by atoms with van der Waals surface area (Å²) in [6, 6.07) is 0. The average Bonchev–Trinajstić information content (AvgIpc) is 2.67. The predicted octanol–water partition coefficient (Wildman–Crippen LogP) is 4.00. The third kappa shape index (κ3) is 20.6. The van der Waals surface area contributed by atoms with Crippen molar-refractivity contribution < 1.29 is 42.1 Å². The number of nitrogens with zero attached hydrogens (tertiary/aromatic N) is 1. The molecule has 0 bridgehead atoms. The minimum atomic E-state index is -4.31. The molecule has 0 radical (unpaired) electrons. The summed E-state index contributed by atoms with van der Waals surface area (Å²) in [5, 5.41) is 0. The molecule has 0 saturated heterocycles. The van der Waals surface area contributed by atoms with Crippen LogP contribution in [0.15, 0.2) is 12.2 Å². The third-order valence-electron chi connectivity index (χ3n) is 4.36. The standard InChI is InChI=1S/C22H42NO8P/c1-6-7-8-9-10-11-12-13-14-15-22(25)31-21(18-28-20(2)24)19-30-32(26,27)29-17-16-23(3,4)5/h7-8,21H,6,9-19H2,1-5H3/p+1/b8-7-/t21-/m1/s1. The number of ether oxygens (including phenoxy) is 2. The summed E-state index contributed by atoms with van der Waals surface area (Å²) in [6.45, 7) is 3.20. The van der Waals surface area contributed by atoms with Gasteiger partial charge in [-0.3, -0.25) is 18.6 Å². The van der Waals surface area contributed by atoms with E-state index in [9.17, 15) is 19.0 Å². The molecule has 0 amide bonds. The Morgan fingerprint density at radius 1 is 1.00 bits per heavy atom. The Hall–Kier alpha value is -1.25. The second-order valence-electron chi connectivity index (χ2n) is 8.71. The van der Waals surface area contributed by atoms with Crippen LogP contribution >= 0.6 is 7.82 Å². The van der Waals surface area contributed by atoms with Gasteiger partial charge in [0.1, 0.15) is 19.8 Å². The topological polar surface area (TPSA) is 108 Å². The van der Waals surface area contributed by atoms with Crippen molar-refractivity contribution in [2.24, 2.45) is 0 Å². The van der Waals surface area contributed by atoms with E-state index in [1.54, 1.807) is 0 Å². The van der Waals surface area contributed by atoms with Gasteiger partial charge < -0.3 is 18.9 Å². The summed E-state index contributed by atoms with van der Waals surface area (Å²) in [5.74, 6) is -1.01. The molecule has 0 aromatic heterocycles. The molecule has 0 saturated carbocycles. The number of hydrogen-bond donors (Lipinski definition) is 1. The Balaban J connectivity index is 4.30. The second kappa shape index (κ2) is 17.3. The van der Waals surface area contributed by atoms with Gasteiger partial charge in [-0.15, -0.1) is 0 Å². The van der Waals surface area contributed by atoms with Crippen molar-refractivity contribution in [2.75, 3.05) is 47.5 Å². The van der Waals surface area contributed by atoms with Crippen LogP contribution in [-0.4, -0.2) is 74.9 Å². The molecule has 1 unspecified atom stereocenters. The highest BCUT2D eigenvalue weighted by Crippen LogP contribution is 2.43. The van der Waals surface area contributed by atoms with E-state index in [1.165, 1.54) is 6.92 Å². The molecule has 0 aliphatic carbocycles.